The topological polar surface area (TPSA) is 111 Å². The molecule has 1 amide bonds. The SMILES string of the molecule is COc1ccc(CC(=O)Nc2cc(C)nn2-c2nc(C)cc(=O)[nH]2)cc1OC. The standard InChI is InChI=1S/C19H21N5O4/c1-11-8-17(25)22-19(20-11)24-16(7-12(2)23-24)21-18(26)10-13-5-6-14(27-3)15(9-13)28-4/h5-9H,10H2,1-4H3,(H,21,26)(H,20,22,25). The van der Waals surface area contributed by atoms with Crippen molar-refractivity contribution in [2.45, 2.75) is 20.3 Å². The second-order valence-electron chi connectivity index (χ2n) is 6.21. The predicted octanol–water partition coefficient (Wildman–Crippen LogP) is 1.77. The molecule has 0 saturated heterocycles. The van der Waals surface area contributed by atoms with E-state index >= 15 is 0 Å². The van der Waals surface area contributed by atoms with E-state index in [1.54, 1.807) is 52.3 Å². The number of anilines is 1. The first-order chi connectivity index (χ1) is 13.4. The molecule has 1 aromatic carbocycles. The van der Waals surface area contributed by atoms with E-state index in [1.807, 2.05) is 0 Å². The first-order valence-corrected chi connectivity index (χ1v) is 8.55. The molecule has 0 aliphatic rings. The highest BCUT2D eigenvalue weighted by Gasteiger charge is 2.14. The van der Waals surface area contributed by atoms with Crippen LogP contribution in [0.2, 0.25) is 0 Å². The van der Waals surface area contributed by atoms with E-state index in [4.69, 9.17) is 9.47 Å². The van der Waals surface area contributed by atoms with Crippen molar-refractivity contribution >= 4 is 11.7 Å². The highest BCUT2D eigenvalue weighted by molar-refractivity contribution is 5.91. The van der Waals surface area contributed by atoms with Gasteiger partial charge in [-0.1, -0.05) is 6.07 Å². The van der Waals surface area contributed by atoms with Crippen LogP contribution in [-0.2, 0) is 11.2 Å². The van der Waals surface area contributed by atoms with Crippen molar-refractivity contribution in [2.24, 2.45) is 0 Å². The molecule has 3 aromatic rings. The van der Waals surface area contributed by atoms with Gasteiger partial charge in [0.1, 0.15) is 5.82 Å². The van der Waals surface area contributed by atoms with Gasteiger partial charge in [0.2, 0.25) is 11.9 Å². The molecule has 0 unspecified atom stereocenters. The number of ether oxygens (including phenoxy) is 2. The number of nitrogens with zero attached hydrogens (tertiary/aromatic N) is 3. The van der Waals surface area contributed by atoms with Crippen LogP contribution in [0.4, 0.5) is 5.82 Å². The number of rotatable bonds is 6. The average Bonchev–Trinajstić information content (AvgIpc) is 3.00. The fraction of sp³-hybridized carbons (Fsp3) is 0.263. The number of aromatic nitrogens is 4. The molecule has 0 aliphatic carbocycles. The maximum atomic E-state index is 12.5. The summed E-state index contributed by atoms with van der Waals surface area (Å²) in [5.74, 6) is 1.55. The van der Waals surface area contributed by atoms with Crippen LogP contribution < -0.4 is 20.3 Å². The zero-order valence-electron chi connectivity index (χ0n) is 16.1. The zero-order valence-corrected chi connectivity index (χ0v) is 16.1. The van der Waals surface area contributed by atoms with Gasteiger partial charge in [0.05, 0.1) is 26.3 Å². The third kappa shape index (κ3) is 4.20. The summed E-state index contributed by atoms with van der Waals surface area (Å²) in [7, 11) is 3.09. The Bertz CT molecular complexity index is 1070. The van der Waals surface area contributed by atoms with Crippen molar-refractivity contribution in [1.82, 2.24) is 19.7 Å². The van der Waals surface area contributed by atoms with Crippen LogP contribution in [0, 0.1) is 13.8 Å². The van der Waals surface area contributed by atoms with Gasteiger partial charge in [-0.05, 0) is 31.5 Å². The van der Waals surface area contributed by atoms with E-state index in [-0.39, 0.29) is 23.8 Å². The molecular weight excluding hydrogens is 362 g/mol. The molecule has 2 heterocycles. The molecular formula is C19H21N5O4. The molecule has 28 heavy (non-hydrogen) atoms. The maximum absolute atomic E-state index is 12.5. The molecule has 0 fully saturated rings. The van der Waals surface area contributed by atoms with Gasteiger partial charge in [0, 0.05) is 17.8 Å². The van der Waals surface area contributed by atoms with E-state index in [2.05, 4.69) is 20.4 Å². The molecule has 9 nitrogen and oxygen atoms in total. The smallest absolute Gasteiger partial charge is 0.252 e. The lowest BCUT2D eigenvalue weighted by atomic mass is 10.1. The summed E-state index contributed by atoms with van der Waals surface area (Å²) >= 11 is 0. The molecule has 2 N–H and O–H groups in total. The Kier molecular flexibility index (Phi) is 5.44. The number of aromatic amines is 1. The fourth-order valence-corrected chi connectivity index (χ4v) is 2.78. The molecule has 0 bridgehead atoms. The minimum absolute atomic E-state index is 0.127. The molecule has 146 valence electrons. The van der Waals surface area contributed by atoms with Crippen LogP contribution in [0.5, 0.6) is 11.5 Å². The van der Waals surface area contributed by atoms with Gasteiger partial charge in [0.15, 0.2) is 11.5 Å². The molecule has 0 saturated carbocycles. The van der Waals surface area contributed by atoms with Gasteiger partial charge < -0.3 is 14.8 Å². The number of aryl methyl sites for hydroxylation is 2. The second-order valence-corrected chi connectivity index (χ2v) is 6.21. The lowest BCUT2D eigenvalue weighted by Gasteiger charge is -2.10. The molecule has 0 aliphatic heterocycles. The zero-order chi connectivity index (χ0) is 20.3. The number of H-pyrrole nitrogens is 1. The minimum atomic E-state index is -0.293. The Morgan fingerprint density at radius 2 is 1.86 bits per heavy atom. The summed E-state index contributed by atoms with van der Waals surface area (Å²) in [6, 6.07) is 8.38. The van der Waals surface area contributed by atoms with Crippen LogP contribution in [0.1, 0.15) is 17.0 Å². The average molecular weight is 383 g/mol. The molecule has 0 spiro atoms. The first-order valence-electron chi connectivity index (χ1n) is 8.55. The Morgan fingerprint density at radius 3 is 2.54 bits per heavy atom. The second kappa shape index (κ2) is 7.95. The number of amides is 1. The Labute approximate surface area is 161 Å². The van der Waals surface area contributed by atoms with Gasteiger partial charge in [0.25, 0.3) is 5.56 Å². The van der Waals surface area contributed by atoms with Crippen molar-refractivity contribution < 1.29 is 14.3 Å². The molecule has 3 rings (SSSR count). The number of methoxy groups -OCH3 is 2. The van der Waals surface area contributed by atoms with Crippen LogP contribution in [0.15, 0.2) is 35.1 Å². The Balaban J connectivity index is 1.82. The summed E-state index contributed by atoms with van der Waals surface area (Å²) < 4.78 is 11.9. The van der Waals surface area contributed by atoms with E-state index in [0.717, 1.165) is 5.56 Å². The van der Waals surface area contributed by atoms with Crippen molar-refractivity contribution in [3.8, 4) is 17.4 Å². The van der Waals surface area contributed by atoms with Crippen molar-refractivity contribution in [3.63, 3.8) is 0 Å². The quantitative estimate of drug-likeness (QED) is 0.671. The van der Waals surface area contributed by atoms with E-state index < -0.39 is 0 Å². The maximum Gasteiger partial charge on any atom is 0.252 e. The van der Waals surface area contributed by atoms with E-state index in [0.29, 0.717) is 28.7 Å². The number of carbonyl (C=O) groups is 1. The molecule has 9 heteroatoms. The number of nitrogens with one attached hydrogen (secondary N) is 2. The summed E-state index contributed by atoms with van der Waals surface area (Å²) in [4.78, 5) is 31.2. The molecule has 2 aromatic heterocycles. The molecule has 0 radical (unpaired) electrons. The summed E-state index contributed by atoms with van der Waals surface area (Å²) in [5.41, 5.74) is 1.69. The van der Waals surface area contributed by atoms with Gasteiger partial charge in [-0.25, -0.2) is 4.98 Å². The summed E-state index contributed by atoms with van der Waals surface area (Å²) in [5, 5.41) is 7.12. The number of hydrogen-bond acceptors (Lipinski definition) is 6. The van der Waals surface area contributed by atoms with Crippen LogP contribution in [0.3, 0.4) is 0 Å². The van der Waals surface area contributed by atoms with Crippen molar-refractivity contribution in [1.29, 1.82) is 0 Å². The highest BCUT2D eigenvalue weighted by Crippen LogP contribution is 2.27. The van der Waals surface area contributed by atoms with E-state index in [9.17, 15) is 9.59 Å². The van der Waals surface area contributed by atoms with Crippen LogP contribution in [0.25, 0.3) is 5.95 Å². The van der Waals surface area contributed by atoms with Gasteiger partial charge in [-0.3, -0.25) is 14.6 Å². The number of hydrogen-bond donors (Lipinski definition) is 2. The minimum Gasteiger partial charge on any atom is -0.493 e. The summed E-state index contributed by atoms with van der Waals surface area (Å²) in [6.45, 7) is 3.50. The third-order valence-electron chi connectivity index (χ3n) is 3.97. The lowest BCUT2D eigenvalue weighted by molar-refractivity contribution is -0.115. The third-order valence-corrected chi connectivity index (χ3v) is 3.97. The largest absolute Gasteiger partial charge is 0.493 e. The Hall–Kier alpha value is -3.62. The normalized spacial score (nSPS) is 10.6. The van der Waals surface area contributed by atoms with Crippen molar-refractivity contribution in [2.75, 3.05) is 19.5 Å². The Morgan fingerprint density at radius 1 is 1.11 bits per heavy atom. The summed E-state index contributed by atoms with van der Waals surface area (Å²) in [6.07, 6.45) is 0.127. The number of benzene rings is 1. The lowest BCUT2D eigenvalue weighted by Crippen LogP contribution is -2.20. The van der Waals surface area contributed by atoms with E-state index in [1.165, 1.54) is 10.7 Å². The monoisotopic (exact) mass is 383 g/mol. The van der Waals surface area contributed by atoms with Crippen molar-refractivity contribution in [3.05, 3.63) is 57.6 Å². The first kappa shape index (κ1) is 19.2. The molecule has 0 atom stereocenters. The predicted molar refractivity (Wildman–Crippen MR) is 103 cm³/mol. The van der Waals surface area contributed by atoms with Gasteiger partial charge >= 0.3 is 0 Å². The van der Waals surface area contributed by atoms with Crippen LogP contribution in [-0.4, -0.2) is 39.9 Å². The van der Waals surface area contributed by atoms with Gasteiger partial charge in [-0.2, -0.15) is 9.78 Å². The van der Waals surface area contributed by atoms with Crippen LogP contribution >= 0.6 is 0 Å². The van der Waals surface area contributed by atoms with Gasteiger partial charge in [-0.15, -0.1) is 0 Å². The number of carbonyl (C=O) groups excluding carboxylic acids is 1. The fourth-order valence-electron chi connectivity index (χ4n) is 2.78. The highest BCUT2D eigenvalue weighted by atomic mass is 16.5.